The molecule has 9 heteroatoms. The van der Waals surface area contributed by atoms with Gasteiger partial charge in [0.2, 0.25) is 0 Å². The fraction of sp³-hybridized carbons (Fsp3) is 0.375. The molecule has 176 valence electrons. The van der Waals surface area contributed by atoms with Gasteiger partial charge in [0, 0.05) is 18.8 Å². The second-order valence-corrected chi connectivity index (χ2v) is 8.07. The third-order valence-electron chi connectivity index (χ3n) is 5.33. The van der Waals surface area contributed by atoms with Crippen molar-refractivity contribution in [2.75, 3.05) is 5.32 Å². The van der Waals surface area contributed by atoms with Gasteiger partial charge in [-0.15, -0.1) is 5.10 Å². The molecule has 8 nitrogen and oxygen atoms in total. The summed E-state index contributed by atoms with van der Waals surface area (Å²) in [5, 5.41) is 16.7. The van der Waals surface area contributed by atoms with Crippen LogP contribution in [0, 0.1) is 12.7 Å². The summed E-state index contributed by atoms with van der Waals surface area (Å²) in [6, 6.07) is 9.60. The van der Waals surface area contributed by atoms with Crippen LogP contribution in [0.15, 0.2) is 41.2 Å². The van der Waals surface area contributed by atoms with Gasteiger partial charge in [0.25, 0.3) is 5.91 Å². The zero-order valence-corrected chi connectivity index (χ0v) is 19.4. The van der Waals surface area contributed by atoms with Crippen molar-refractivity contribution in [1.29, 1.82) is 0 Å². The van der Waals surface area contributed by atoms with Gasteiger partial charge in [-0.3, -0.25) is 9.36 Å². The fourth-order valence-corrected chi connectivity index (χ4v) is 3.54. The van der Waals surface area contributed by atoms with Crippen LogP contribution in [0.3, 0.4) is 0 Å². The summed E-state index contributed by atoms with van der Waals surface area (Å²) in [4.78, 5) is 25.7. The van der Waals surface area contributed by atoms with Crippen LogP contribution < -0.4 is 15.7 Å². The second kappa shape index (κ2) is 9.99. The lowest BCUT2D eigenvalue weighted by Crippen LogP contribution is -2.24. The van der Waals surface area contributed by atoms with E-state index in [1.807, 2.05) is 32.9 Å². The van der Waals surface area contributed by atoms with Gasteiger partial charge in [-0.1, -0.05) is 31.5 Å². The largest absolute Gasteiger partial charge is 0.490 e. The number of amides is 1. The lowest BCUT2D eigenvalue weighted by Gasteiger charge is -2.18. The molecule has 0 aliphatic rings. The predicted octanol–water partition coefficient (Wildman–Crippen LogP) is 3.89. The summed E-state index contributed by atoms with van der Waals surface area (Å²) in [5.41, 5.74) is 0.655. The molecule has 2 atom stereocenters. The number of aliphatic hydroxyl groups excluding tert-OH is 1. The minimum absolute atomic E-state index is 0.00202. The molecule has 1 heterocycles. The van der Waals surface area contributed by atoms with Crippen LogP contribution in [0.5, 0.6) is 5.75 Å². The van der Waals surface area contributed by atoms with Crippen molar-refractivity contribution in [3.8, 4) is 11.4 Å². The Balaban J connectivity index is 2.10. The van der Waals surface area contributed by atoms with Gasteiger partial charge in [-0.25, -0.2) is 9.18 Å². The molecule has 0 aliphatic carbocycles. The number of halogens is 1. The van der Waals surface area contributed by atoms with E-state index in [9.17, 15) is 14.7 Å². The topological polar surface area (TPSA) is 98.4 Å². The number of carbonyl (C=O) groups excluding carboxylic acids is 1. The minimum atomic E-state index is -1.02. The molecule has 0 fully saturated rings. The standard InChI is InChI=1S/C24H29FN4O4/c1-6-9-15(3)33-21-13-20(29-24(32)28(5)22(27-29)16(4)30)18(25)12-17(21)23(31)26-19-11-8-7-10-14(19)2/h7-8,10-13,15-16,30H,6,9H2,1-5H3,(H,26,31). The Labute approximate surface area is 191 Å². The van der Waals surface area contributed by atoms with Crippen LogP contribution in [0.4, 0.5) is 10.1 Å². The molecule has 0 radical (unpaired) electrons. The highest BCUT2D eigenvalue weighted by atomic mass is 19.1. The van der Waals surface area contributed by atoms with E-state index >= 15 is 4.39 Å². The van der Waals surface area contributed by atoms with Crippen molar-refractivity contribution >= 4 is 11.6 Å². The number of hydrogen-bond acceptors (Lipinski definition) is 5. The maximum Gasteiger partial charge on any atom is 0.350 e. The number of aryl methyl sites for hydroxylation is 1. The van der Waals surface area contributed by atoms with Crippen LogP contribution in [-0.4, -0.2) is 31.5 Å². The first-order valence-electron chi connectivity index (χ1n) is 10.9. The summed E-state index contributed by atoms with van der Waals surface area (Å²) in [7, 11) is 1.44. The SMILES string of the molecule is CCCC(C)Oc1cc(-n2nc(C(C)O)n(C)c2=O)c(F)cc1C(=O)Nc1ccccc1C. The Hall–Kier alpha value is -3.46. The quantitative estimate of drug-likeness (QED) is 0.536. The Kier molecular flexibility index (Phi) is 7.33. The highest BCUT2D eigenvalue weighted by molar-refractivity contribution is 6.06. The van der Waals surface area contributed by atoms with Crippen LogP contribution in [0.1, 0.15) is 61.5 Å². The van der Waals surface area contributed by atoms with Crippen molar-refractivity contribution in [1.82, 2.24) is 14.3 Å². The molecule has 3 rings (SSSR count). The fourth-order valence-electron chi connectivity index (χ4n) is 3.54. The second-order valence-electron chi connectivity index (χ2n) is 8.07. The molecule has 0 spiro atoms. The normalized spacial score (nSPS) is 12.9. The monoisotopic (exact) mass is 456 g/mol. The predicted molar refractivity (Wildman–Crippen MR) is 124 cm³/mol. The van der Waals surface area contributed by atoms with Gasteiger partial charge in [0.15, 0.2) is 5.82 Å². The number of hydrogen-bond donors (Lipinski definition) is 2. The van der Waals surface area contributed by atoms with Gasteiger partial charge in [-0.05, 0) is 44.9 Å². The van der Waals surface area contributed by atoms with Crippen molar-refractivity contribution in [2.45, 2.75) is 52.7 Å². The van der Waals surface area contributed by atoms with E-state index in [1.165, 1.54) is 20.0 Å². The average molecular weight is 457 g/mol. The molecule has 2 aromatic carbocycles. The molecule has 1 amide bonds. The zero-order chi connectivity index (χ0) is 24.3. The van der Waals surface area contributed by atoms with Crippen LogP contribution in [-0.2, 0) is 7.05 Å². The van der Waals surface area contributed by atoms with Crippen LogP contribution in [0.25, 0.3) is 5.69 Å². The highest BCUT2D eigenvalue weighted by Crippen LogP contribution is 2.28. The molecule has 0 saturated heterocycles. The summed E-state index contributed by atoms with van der Waals surface area (Å²) in [6.07, 6.45) is 0.317. The molecular formula is C24H29FN4O4. The number of aromatic nitrogens is 3. The number of aliphatic hydroxyl groups is 1. The number of nitrogens with one attached hydrogen (secondary N) is 1. The van der Waals surface area contributed by atoms with Crippen molar-refractivity contribution in [3.63, 3.8) is 0 Å². The lowest BCUT2D eigenvalue weighted by molar-refractivity contribution is 0.101. The van der Waals surface area contributed by atoms with Gasteiger partial charge < -0.3 is 15.2 Å². The third-order valence-corrected chi connectivity index (χ3v) is 5.33. The first kappa shape index (κ1) is 24.2. The van der Waals surface area contributed by atoms with E-state index < -0.39 is 23.5 Å². The maximum atomic E-state index is 15.2. The van der Waals surface area contributed by atoms with E-state index in [1.54, 1.807) is 12.1 Å². The number of nitrogens with zero attached hydrogens (tertiary/aromatic N) is 3. The van der Waals surface area contributed by atoms with E-state index in [4.69, 9.17) is 4.74 Å². The molecule has 2 unspecified atom stereocenters. The van der Waals surface area contributed by atoms with Gasteiger partial charge >= 0.3 is 5.69 Å². The first-order valence-corrected chi connectivity index (χ1v) is 10.9. The van der Waals surface area contributed by atoms with Crippen LogP contribution >= 0.6 is 0 Å². The Morgan fingerprint density at radius 3 is 2.58 bits per heavy atom. The number of anilines is 1. The minimum Gasteiger partial charge on any atom is -0.490 e. The van der Waals surface area contributed by atoms with Crippen LogP contribution in [0.2, 0.25) is 0 Å². The first-order chi connectivity index (χ1) is 15.6. The number of ether oxygens (including phenoxy) is 1. The Morgan fingerprint density at radius 1 is 1.27 bits per heavy atom. The molecule has 2 N–H and O–H groups in total. The smallest absolute Gasteiger partial charge is 0.350 e. The zero-order valence-electron chi connectivity index (χ0n) is 19.4. The molecule has 0 aliphatic heterocycles. The molecule has 33 heavy (non-hydrogen) atoms. The number of para-hydroxylation sites is 1. The van der Waals surface area contributed by atoms with Gasteiger partial charge in [0.1, 0.15) is 23.4 Å². The van der Waals surface area contributed by atoms with E-state index in [0.717, 1.165) is 33.7 Å². The summed E-state index contributed by atoms with van der Waals surface area (Å²) in [5.74, 6) is -1.14. The third kappa shape index (κ3) is 5.14. The van der Waals surface area contributed by atoms with Crippen molar-refractivity contribution in [2.24, 2.45) is 7.05 Å². The summed E-state index contributed by atoms with van der Waals surface area (Å²) >= 11 is 0. The van der Waals surface area contributed by atoms with Crippen molar-refractivity contribution < 1.29 is 19.0 Å². The summed E-state index contributed by atoms with van der Waals surface area (Å²) in [6.45, 7) is 7.18. The van der Waals surface area contributed by atoms with Gasteiger partial charge in [0.05, 0.1) is 11.7 Å². The Morgan fingerprint density at radius 2 is 1.97 bits per heavy atom. The number of rotatable bonds is 8. The maximum absolute atomic E-state index is 15.2. The molecule has 1 aromatic heterocycles. The lowest BCUT2D eigenvalue weighted by atomic mass is 10.1. The molecule has 0 bridgehead atoms. The molecular weight excluding hydrogens is 427 g/mol. The summed E-state index contributed by atoms with van der Waals surface area (Å²) < 4.78 is 23.2. The van der Waals surface area contributed by atoms with Gasteiger partial charge in [-0.2, -0.15) is 4.68 Å². The highest BCUT2D eigenvalue weighted by Gasteiger charge is 2.23. The molecule has 3 aromatic rings. The number of carbonyl (C=O) groups is 1. The Bertz CT molecular complexity index is 1220. The van der Waals surface area contributed by atoms with E-state index in [2.05, 4.69) is 10.4 Å². The van der Waals surface area contributed by atoms with Crippen molar-refractivity contribution in [3.05, 3.63) is 69.7 Å². The molecule has 0 saturated carbocycles. The average Bonchev–Trinajstić information content (AvgIpc) is 3.05. The van der Waals surface area contributed by atoms with E-state index in [0.29, 0.717) is 5.69 Å². The van der Waals surface area contributed by atoms with E-state index in [-0.39, 0.29) is 28.9 Å². The number of benzene rings is 2.